The van der Waals surface area contributed by atoms with Crippen LogP contribution in [0.1, 0.15) is 11.8 Å². The van der Waals surface area contributed by atoms with Gasteiger partial charge in [0.05, 0.1) is 0 Å². The zero-order chi connectivity index (χ0) is 15.3. The molecule has 6 nitrogen and oxygen atoms in total. The van der Waals surface area contributed by atoms with Gasteiger partial charge in [0, 0.05) is 31.1 Å². The molecule has 120 valence electrons. The van der Waals surface area contributed by atoms with Gasteiger partial charge in [-0.1, -0.05) is 6.92 Å². The van der Waals surface area contributed by atoms with E-state index in [0.29, 0.717) is 17.3 Å². The number of thiophene rings is 1. The van der Waals surface area contributed by atoms with E-state index in [1.807, 2.05) is 13.1 Å². The first-order chi connectivity index (χ1) is 10.0. The van der Waals surface area contributed by atoms with Crippen LogP contribution in [-0.4, -0.2) is 64.6 Å². The van der Waals surface area contributed by atoms with Crippen LogP contribution in [0.15, 0.2) is 16.3 Å². The first-order valence-electron chi connectivity index (χ1n) is 7.26. The van der Waals surface area contributed by atoms with Gasteiger partial charge in [-0.3, -0.25) is 0 Å². The van der Waals surface area contributed by atoms with Crippen LogP contribution in [-0.2, 0) is 16.4 Å². The largest absolute Gasteiger partial charge is 0.317 e. The van der Waals surface area contributed by atoms with Crippen molar-refractivity contribution in [3.8, 4) is 0 Å². The Bertz CT molecular complexity index is 536. The van der Waals surface area contributed by atoms with E-state index in [1.165, 1.54) is 11.3 Å². The number of hydrogen-bond acceptors (Lipinski definition) is 6. The summed E-state index contributed by atoms with van der Waals surface area (Å²) in [4.78, 5) is 5.97. The van der Waals surface area contributed by atoms with Crippen molar-refractivity contribution in [2.45, 2.75) is 17.6 Å². The van der Waals surface area contributed by atoms with Crippen LogP contribution in [0.2, 0.25) is 0 Å². The van der Waals surface area contributed by atoms with Crippen molar-refractivity contribution in [1.82, 2.24) is 20.1 Å². The van der Waals surface area contributed by atoms with Gasteiger partial charge in [-0.05, 0) is 38.7 Å². The van der Waals surface area contributed by atoms with Crippen molar-refractivity contribution < 1.29 is 8.42 Å². The molecule has 2 heterocycles. The molecule has 0 spiro atoms. The number of nitrogens with one attached hydrogen (secondary N) is 2. The number of hydrazine groups is 1. The molecular formula is C13H24N4O2S2. The van der Waals surface area contributed by atoms with Gasteiger partial charge in [-0.25, -0.2) is 13.4 Å². The summed E-state index contributed by atoms with van der Waals surface area (Å²) in [5.74, 6) is 0. The van der Waals surface area contributed by atoms with E-state index < -0.39 is 10.0 Å². The first kappa shape index (κ1) is 16.9. The van der Waals surface area contributed by atoms with Crippen LogP contribution >= 0.6 is 11.3 Å². The van der Waals surface area contributed by atoms with Gasteiger partial charge in [-0.2, -0.15) is 0 Å². The molecule has 1 aromatic heterocycles. The predicted octanol–water partition coefficient (Wildman–Crippen LogP) is 0.341. The molecule has 2 rings (SSSR count). The first-order valence-corrected chi connectivity index (χ1v) is 9.56. The number of likely N-dealkylation sites (N-methyl/N-ethyl adjacent to an activating group) is 2. The Balaban J connectivity index is 1.93. The predicted molar refractivity (Wildman–Crippen MR) is 86.0 cm³/mol. The topological polar surface area (TPSA) is 64.7 Å². The van der Waals surface area contributed by atoms with Gasteiger partial charge in [0.1, 0.15) is 4.21 Å². The molecule has 0 amide bonds. The average molecular weight is 332 g/mol. The number of piperazine rings is 1. The van der Waals surface area contributed by atoms with Crippen LogP contribution < -0.4 is 10.1 Å². The van der Waals surface area contributed by atoms with Crippen molar-refractivity contribution in [3.63, 3.8) is 0 Å². The van der Waals surface area contributed by atoms with Crippen LogP contribution in [0.4, 0.5) is 0 Å². The third kappa shape index (κ3) is 5.01. The minimum Gasteiger partial charge on any atom is -0.317 e. The van der Waals surface area contributed by atoms with Gasteiger partial charge < -0.3 is 10.2 Å². The van der Waals surface area contributed by atoms with Crippen molar-refractivity contribution in [2.75, 3.05) is 46.3 Å². The van der Waals surface area contributed by atoms with Crippen molar-refractivity contribution in [2.24, 2.45) is 0 Å². The second-order valence-corrected chi connectivity index (χ2v) is 8.27. The van der Waals surface area contributed by atoms with E-state index in [9.17, 15) is 8.42 Å². The monoisotopic (exact) mass is 332 g/mol. The molecule has 8 heteroatoms. The molecule has 0 radical (unpaired) electrons. The highest BCUT2D eigenvalue weighted by Gasteiger charge is 2.22. The van der Waals surface area contributed by atoms with Crippen molar-refractivity contribution in [3.05, 3.63) is 17.0 Å². The minimum atomic E-state index is -3.43. The molecule has 1 fully saturated rings. The molecule has 2 N–H and O–H groups in total. The lowest BCUT2D eigenvalue weighted by Crippen LogP contribution is -2.52. The van der Waals surface area contributed by atoms with Crippen LogP contribution in [0.25, 0.3) is 0 Å². The van der Waals surface area contributed by atoms with Gasteiger partial charge in [0.25, 0.3) is 10.0 Å². The Morgan fingerprint density at radius 3 is 2.62 bits per heavy atom. The lowest BCUT2D eigenvalue weighted by Gasteiger charge is -2.31. The summed E-state index contributed by atoms with van der Waals surface area (Å²) in [7, 11) is -1.39. The molecule has 1 aliphatic rings. The Morgan fingerprint density at radius 1 is 1.24 bits per heavy atom. The zero-order valence-corrected chi connectivity index (χ0v) is 14.3. The maximum atomic E-state index is 12.4. The molecule has 0 atom stereocenters. The summed E-state index contributed by atoms with van der Waals surface area (Å²) >= 11 is 1.35. The van der Waals surface area contributed by atoms with Crippen LogP contribution in [0.3, 0.4) is 0 Å². The summed E-state index contributed by atoms with van der Waals surface area (Å²) in [6.45, 7) is 7.05. The number of sulfonamides is 1. The fourth-order valence-electron chi connectivity index (χ4n) is 2.14. The molecule has 0 unspecified atom stereocenters. The maximum absolute atomic E-state index is 12.4. The number of hydrogen-bond donors (Lipinski definition) is 2. The Kier molecular flexibility index (Phi) is 6.15. The molecule has 1 saturated heterocycles. The summed E-state index contributed by atoms with van der Waals surface area (Å²) in [6, 6.07) is 3.60. The highest BCUT2D eigenvalue weighted by Crippen LogP contribution is 2.22. The van der Waals surface area contributed by atoms with Gasteiger partial charge in [-0.15, -0.1) is 16.2 Å². The Morgan fingerprint density at radius 2 is 1.95 bits per heavy atom. The Hall–Kier alpha value is -0.510. The smallest absolute Gasteiger partial charge is 0.262 e. The van der Waals surface area contributed by atoms with Crippen LogP contribution in [0.5, 0.6) is 0 Å². The molecule has 0 aromatic carbocycles. The molecule has 0 saturated carbocycles. The minimum absolute atomic E-state index is 0.396. The highest BCUT2D eigenvalue weighted by molar-refractivity contribution is 7.91. The quantitative estimate of drug-likeness (QED) is 0.705. The van der Waals surface area contributed by atoms with E-state index in [0.717, 1.165) is 37.5 Å². The lowest BCUT2D eigenvalue weighted by atomic mass is 10.3. The van der Waals surface area contributed by atoms with Crippen molar-refractivity contribution in [1.29, 1.82) is 0 Å². The summed E-state index contributed by atoms with van der Waals surface area (Å²) in [6.07, 6.45) is 0.864. The molecule has 21 heavy (non-hydrogen) atoms. The summed E-state index contributed by atoms with van der Waals surface area (Å²) in [5.41, 5.74) is 0. The molecule has 1 aromatic rings. The maximum Gasteiger partial charge on any atom is 0.262 e. The fraction of sp³-hybridized carbons (Fsp3) is 0.692. The van der Waals surface area contributed by atoms with E-state index >= 15 is 0 Å². The SMILES string of the molecule is CCNCCc1ccc(S(=O)(=O)NN2CCN(C)CC2)s1. The highest BCUT2D eigenvalue weighted by atomic mass is 32.2. The normalized spacial score (nSPS) is 18.2. The van der Waals surface area contributed by atoms with Gasteiger partial charge in [0.2, 0.25) is 0 Å². The second-order valence-electron chi connectivity index (χ2n) is 5.21. The molecular weight excluding hydrogens is 308 g/mol. The third-order valence-corrected chi connectivity index (χ3v) is 6.46. The lowest BCUT2D eigenvalue weighted by molar-refractivity contribution is 0.135. The standard InChI is InChI=1S/C13H24N4O2S2/c1-3-14-7-6-12-4-5-13(20-12)21(18,19)15-17-10-8-16(2)9-11-17/h4-5,14-15H,3,6-11H2,1-2H3. The summed E-state index contributed by atoms with van der Waals surface area (Å²) < 4.78 is 25.1. The van der Waals surface area contributed by atoms with E-state index in [4.69, 9.17) is 0 Å². The van der Waals surface area contributed by atoms with Gasteiger partial charge >= 0.3 is 0 Å². The molecule has 0 aliphatic carbocycles. The third-order valence-electron chi connectivity index (χ3n) is 3.45. The average Bonchev–Trinajstić information content (AvgIpc) is 2.91. The van der Waals surface area contributed by atoms with E-state index in [-0.39, 0.29) is 0 Å². The Labute approximate surface area is 131 Å². The molecule has 0 bridgehead atoms. The number of nitrogens with zero attached hydrogens (tertiary/aromatic N) is 2. The van der Waals surface area contributed by atoms with E-state index in [2.05, 4.69) is 22.0 Å². The molecule has 1 aliphatic heterocycles. The van der Waals surface area contributed by atoms with Gasteiger partial charge in [0.15, 0.2) is 0 Å². The fourth-order valence-corrected chi connectivity index (χ4v) is 4.60. The van der Waals surface area contributed by atoms with Crippen LogP contribution in [0, 0.1) is 0 Å². The summed E-state index contributed by atoms with van der Waals surface area (Å²) in [5, 5.41) is 5.03. The number of rotatable bonds is 7. The second kappa shape index (κ2) is 7.66. The van der Waals surface area contributed by atoms with Crippen molar-refractivity contribution >= 4 is 21.4 Å². The zero-order valence-electron chi connectivity index (χ0n) is 12.6. The van der Waals surface area contributed by atoms with E-state index in [1.54, 1.807) is 11.1 Å².